The molecular formula is C15H8FN3O. The van der Waals surface area contributed by atoms with Crippen LogP contribution in [0.5, 0.6) is 0 Å². The summed E-state index contributed by atoms with van der Waals surface area (Å²) in [6, 6.07) is 13.6. The van der Waals surface area contributed by atoms with Gasteiger partial charge in [0.2, 0.25) is 0 Å². The Bertz CT molecular complexity index is 756. The van der Waals surface area contributed by atoms with Crippen molar-refractivity contribution in [3.05, 3.63) is 65.0 Å². The van der Waals surface area contributed by atoms with Crippen molar-refractivity contribution in [3.63, 3.8) is 0 Å². The summed E-state index contributed by atoms with van der Waals surface area (Å²) in [5.74, 6) is -1.07. The normalized spacial score (nSPS) is 9.35. The number of carbonyl (C=O) groups is 1. The van der Waals surface area contributed by atoms with E-state index in [1.165, 1.54) is 18.2 Å². The number of hydrogen-bond acceptors (Lipinski definition) is 3. The van der Waals surface area contributed by atoms with Crippen molar-refractivity contribution in [2.24, 2.45) is 0 Å². The van der Waals surface area contributed by atoms with E-state index in [1.807, 2.05) is 6.07 Å². The van der Waals surface area contributed by atoms with E-state index < -0.39 is 11.7 Å². The van der Waals surface area contributed by atoms with Crippen LogP contribution in [0.3, 0.4) is 0 Å². The Hall–Kier alpha value is -3.18. The molecule has 0 saturated heterocycles. The highest BCUT2D eigenvalue weighted by Gasteiger charge is 2.09. The first-order valence-corrected chi connectivity index (χ1v) is 5.65. The topological polar surface area (TPSA) is 76.7 Å². The predicted octanol–water partition coefficient (Wildman–Crippen LogP) is 2.82. The largest absolute Gasteiger partial charge is 0.322 e. The quantitative estimate of drug-likeness (QED) is 0.906. The van der Waals surface area contributed by atoms with E-state index in [0.29, 0.717) is 16.8 Å². The number of carbonyl (C=O) groups excluding carboxylic acids is 1. The maximum absolute atomic E-state index is 13.2. The number of benzene rings is 2. The summed E-state index contributed by atoms with van der Waals surface area (Å²) in [6.45, 7) is 0. The second-order valence-corrected chi connectivity index (χ2v) is 3.95. The molecule has 0 aliphatic carbocycles. The first kappa shape index (κ1) is 13.3. The molecule has 0 bridgehead atoms. The number of halogens is 1. The van der Waals surface area contributed by atoms with Gasteiger partial charge in [-0.2, -0.15) is 10.5 Å². The van der Waals surface area contributed by atoms with Gasteiger partial charge in [-0.3, -0.25) is 4.79 Å². The SMILES string of the molecule is N#Cc1cccc(C(=O)Nc2ccc(F)c(C#N)c2)c1. The van der Waals surface area contributed by atoms with E-state index in [1.54, 1.807) is 24.3 Å². The highest BCUT2D eigenvalue weighted by molar-refractivity contribution is 6.04. The average Bonchev–Trinajstić information content (AvgIpc) is 2.49. The molecule has 2 rings (SSSR count). The summed E-state index contributed by atoms with van der Waals surface area (Å²) in [5, 5.41) is 20.0. The van der Waals surface area contributed by atoms with Crippen molar-refractivity contribution in [3.8, 4) is 12.1 Å². The number of amides is 1. The molecule has 4 nitrogen and oxygen atoms in total. The molecule has 0 aliphatic rings. The van der Waals surface area contributed by atoms with Gasteiger partial charge in [0.15, 0.2) is 0 Å². The van der Waals surface area contributed by atoms with E-state index >= 15 is 0 Å². The lowest BCUT2D eigenvalue weighted by molar-refractivity contribution is 0.102. The van der Waals surface area contributed by atoms with Crippen LogP contribution in [0.1, 0.15) is 21.5 Å². The van der Waals surface area contributed by atoms with Crippen molar-refractivity contribution in [2.75, 3.05) is 5.32 Å². The zero-order valence-electron chi connectivity index (χ0n) is 10.2. The number of nitrogens with one attached hydrogen (secondary N) is 1. The molecule has 0 fully saturated rings. The first-order chi connectivity index (χ1) is 9.63. The summed E-state index contributed by atoms with van der Waals surface area (Å²) in [5.41, 5.74) is 0.852. The third kappa shape index (κ3) is 2.80. The zero-order chi connectivity index (χ0) is 14.5. The second-order valence-electron chi connectivity index (χ2n) is 3.95. The lowest BCUT2D eigenvalue weighted by atomic mass is 10.1. The summed E-state index contributed by atoms with van der Waals surface area (Å²) in [7, 11) is 0. The van der Waals surface area contributed by atoms with Gasteiger partial charge in [0, 0.05) is 11.3 Å². The molecular weight excluding hydrogens is 257 g/mol. The van der Waals surface area contributed by atoms with Gasteiger partial charge in [0.25, 0.3) is 5.91 Å². The Morgan fingerprint density at radius 1 is 1.10 bits per heavy atom. The van der Waals surface area contributed by atoms with Crippen LogP contribution >= 0.6 is 0 Å². The Morgan fingerprint density at radius 2 is 1.90 bits per heavy atom. The number of rotatable bonds is 2. The maximum atomic E-state index is 13.2. The fourth-order valence-corrected chi connectivity index (χ4v) is 1.62. The minimum absolute atomic E-state index is 0.145. The Morgan fingerprint density at radius 3 is 2.60 bits per heavy atom. The van der Waals surface area contributed by atoms with Gasteiger partial charge in [0.1, 0.15) is 11.9 Å². The fraction of sp³-hybridized carbons (Fsp3) is 0. The van der Waals surface area contributed by atoms with Crippen molar-refractivity contribution in [1.29, 1.82) is 10.5 Å². The standard InChI is InChI=1S/C15H8FN3O/c16-14-5-4-13(7-12(14)9-18)19-15(20)11-3-1-2-10(6-11)8-17/h1-7H,(H,19,20). The van der Waals surface area contributed by atoms with Crippen LogP contribution in [0.15, 0.2) is 42.5 Å². The van der Waals surface area contributed by atoms with Crippen LogP contribution in [-0.2, 0) is 0 Å². The molecule has 0 heterocycles. The van der Waals surface area contributed by atoms with Crippen LogP contribution in [0, 0.1) is 28.5 Å². The molecule has 0 saturated carbocycles. The van der Waals surface area contributed by atoms with Crippen LogP contribution in [0.2, 0.25) is 0 Å². The van der Waals surface area contributed by atoms with Gasteiger partial charge in [-0.25, -0.2) is 4.39 Å². The van der Waals surface area contributed by atoms with E-state index in [-0.39, 0.29) is 5.56 Å². The third-order valence-electron chi connectivity index (χ3n) is 2.60. The summed E-state index contributed by atoms with van der Waals surface area (Å²) in [4.78, 5) is 12.0. The summed E-state index contributed by atoms with van der Waals surface area (Å²) in [6.07, 6.45) is 0. The highest BCUT2D eigenvalue weighted by Crippen LogP contribution is 2.15. The second kappa shape index (κ2) is 5.64. The molecule has 1 N–H and O–H groups in total. The van der Waals surface area contributed by atoms with Gasteiger partial charge in [0.05, 0.1) is 17.2 Å². The Kier molecular flexibility index (Phi) is 3.74. The summed E-state index contributed by atoms with van der Waals surface area (Å²) < 4.78 is 13.2. The number of nitrogens with zero attached hydrogens (tertiary/aromatic N) is 2. The number of anilines is 1. The molecule has 0 unspecified atom stereocenters. The predicted molar refractivity (Wildman–Crippen MR) is 70.2 cm³/mol. The fourth-order valence-electron chi connectivity index (χ4n) is 1.62. The molecule has 2 aromatic carbocycles. The Labute approximate surface area is 114 Å². The van der Waals surface area contributed by atoms with Crippen LogP contribution in [-0.4, -0.2) is 5.91 Å². The van der Waals surface area contributed by atoms with Crippen LogP contribution in [0.25, 0.3) is 0 Å². The monoisotopic (exact) mass is 265 g/mol. The lowest BCUT2D eigenvalue weighted by Crippen LogP contribution is -2.12. The molecule has 0 spiro atoms. The van der Waals surface area contributed by atoms with E-state index in [9.17, 15) is 9.18 Å². The molecule has 96 valence electrons. The molecule has 0 aliphatic heterocycles. The third-order valence-corrected chi connectivity index (χ3v) is 2.60. The minimum atomic E-state index is -0.642. The van der Waals surface area contributed by atoms with Crippen molar-refractivity contribution < 1.29 is 9.18 Å². The molecule has 0 aromatic heterocycles. The molecule has 20 heavy (non-hydrogen) atoms. The van der Waals surface area contributed by atoms with E-state index in [2.05, 4.69) is 5.32 Å². The molecule has 1 amide bonds. The highest BCUT2D eigenvalue weighted by atomic mass is 19.1. The Balaban J connectivity index is 2.24. The van der Waals surface area contributed by atoms with E-state index in [4.69, 9.17) is 10.5 Å². The summed E-state index contributed by atoms with van der Waals surface area (Å²) >= 11 is 0. The smallest absolute Gasteiger partial charge is 0.255 e. The average molecular weight is 265 g/mol. The van der Waals surface area contributed by atoms with Crippen molar-refractivity contribution in [1.82, 2.24) is 0 Å². The van der Waals surface area contributed by atoms with Crippen LogP contribution in [0.4, 0.5) is 10.1 Å². The van der Waals surface area contributed by atoms with Crippen molar-refractivity contribution in [2.45, 2.75) is 0 Å². The van der Waals surface area contributed by atoms with E-state index in [0.717, 1.165) is 6.07 Å². The van der Waals surface area contributed by atoms with Gasteiger partial charge in [-0.05, 0) is 36.4 Å². The zero-order valence-corrected chi connectivity index (χ0v) is 10.2. The lowest BCUT2D eigenvalue weighted by Gasteiger charge is -2.06. The molecule has 5 heteroatoms. The van der Waals surface area contributed by atoms with Gasteiger partial charge >= 0.3 is 0 Å². The van der Waals surface area contributed by atoms with Crippen molar-refractivity contribution >= 4 is 11.6 Å². The van der Waals surface area contributed by atoms with Crippen LogP contribution < -0.4 is 5.32 Å². The first-order valence-electron chi connectivity index (χ1n) is 5.65. The minimum Gasteiger partial charge on any atom is -0.322 e. The van der Waals surface area contributed by atoms with Gasteiger partial charge < -0.3 is 5.32 Å². The maximum Gasteiger partial charge on any atom is 0.255 e. The number of hydrogen-bond donors (Lipinski definition) is 1. The molecule has 0 atom stereocenters. The molecule has 2 aromatic rings. The number of nitriles is 2. The molecule has 0 radical (unpaired) electrons. The van der Waals surface area contributed by atoms with Gasteiger partial charge in [-0.15, -0.1) is 0 Å². The van der Waals surface area contributed by atoms with Gasteiger partial charge in [-0.1, -0.05) is 6.07 Å².